The summed E-state index contributed by atoms with van der Waals surface area (Å²) in [4.78, 5) is 0. The Morgan fingerprint density at radius 2 is 2.05 bits per heavy atom. The van der Waals surface area contributed by atoms with Crippen LogP contribution in [0.1, 0.15) is 51.2 Å². The van der Waals surface area contributed by atoms with E-state index in [4.69, 9.17) is 16.3 Å². The molecule has 1 atom stereocenters. The van der Waals surface area contributed by atoms with E-state index < -0.39 is 0 Å². The first-order valence-corrected chi connectivity index (χ1v) is 7.90. The maximum atomic E-state index is 6.33. The highest BCUT2D eigenvalue weighted by molar-refractivity contribution is 6.30. The molecule has 0 bridgehead atoms. The predicted octanol–water partition coefficient (Wildman–Crippen LogP) is 4.33. The van der Waals surface area contributed by atoms with Gasteiger partial charge in [0, 0.05) is 16.6 Å². The smallest absolute Gasteiger partial charge is 0.125 e. The lowest BCUT2D eigenvalue weighted by Gasteiger charge is -2.27. The fourth-order valence-electron chi connectivity index (χ4n) is 2.96. The number of benzene rings is 1. The number of halogens is 1. The molecule has 1 heterocycles. The van der Waals surface area contributed by atoms with E-state index in [2.05, 4.69) is 32.2 Å². The zero-order valence-corrected chi connectivity index (χ0v) is 13.8. The third-order valence-electron chi connectivity index (χ3n) is 4.02. The second-order valence-corrected chi connectivity index (χ2v) is 7.18. The van der Waals surface area contributed by atoms with Crippen molar-refractivity contribution in [2.75, 3.05) is 13.7 Å². The summed E-state index contributed by atoms with van der Waals surface area (Å²) in [5.41, 5.74) is 2.45. The molecule has 20 heavy (non-hydrogen) atoms. The highest BCUT2D eigenvalue weighted by atomic mass is 35.5. The molecule has 1 unspecified atom stereocenters. The maximum Gasteiger partial charge on any atom is 0.125 e. The first-order chi connectivity index (χ1) is 9.41. The van der Waals surface area contributed by atoms with Crippen molar-refractivity contribution >= 4 is 11.6 Å². The van der Waals surface area contributed by atoms with Gasteiger partial charge in [-0.3, -0.25) is 0 Å². The highest BCUT2D eigenvalue weighted by Gasteiger charge is 2.24. The molecule has 0 radical (unpaired) electrons. The summed E-state index contributed by atoms with van der Waals surface area (Å²) in [5, 5.41) is 4.40. The van der Waals surface area contributed by atoms with Gasteiger partial charge in [0.25, 0.3) is 0 Å². The third-order valence-corrected chi connectivity index (χ3v) is 4.24. The normalized spacial score (nSPS) is 19.9. The van der Waals surface area contributed by atoms with E-state index in [0.717, 1.165) is 23.7 Å². The standard InChI is InChI=1S/C17H26ClNO/c1-17(2,3)15-11-13(18)9-12(16(15)20-4)10-14-7-5-6-8-19-14/h9,11,14,19H,5-8,10H2,1-4H3. The summed E-state index contributed by atoms with van der Waals surface area (Å²) < 4.78 is 5.71. The van der Waals surface area contributed by atoms with Crippen LogP contribution in [0, 0.1) is 0 Å². The Morgan fingerprint density at radius 1 is 1.30 bits per heavy atom. The average Bonchev–Trinajstić information content (AvgIpc) is 2.38. The molecule has 0 amide bonds. The van der Waals surface area contributed by atoms with E-state index in [1.165, 1.54) is 30.4 Å². The van der Waals surface area contributed by atoms with E-state index in [0.29, 0.717) is 6.04 Å². The van der Waals surface area contributed by atoms with Gasteiger partial charge in [-0.05, 0) is 48.9 Å². The van der Waals surface area contributed by atoms with Crippen LogP contribution in [0.15, 0.2) is 12.1 Å². The van der Waals surface area contributed by atoms with Crippen molar-refractivity contribution in [1.29, 1.82) is 0 Å². The SMILES string of the molecule is COc1c(CC2CCCCN2)cc(Cl)cc1C(C)(C)C. The van der Waals surface area contributed by atoms with E-state index in [9.17, 15) is 0 Å². The maximum absolute atomic E-state index is 6.33. The quantitative estimate of drug-likeness (QED) is 0.896. The Labute approximate surface area is 127 Å². The number of hydrogen-bond acceptors (Lipinski definition) is 2. The van der Waals surface area contributed by atoms with Crippen LogP contribution >= 0.6 is 11.6 Å². The number of methoxy groups -OCH3 is 1. The van der Waals surface area contributed by atoms with Gasteiger partial charge in [0.2, 0.25) is 0 Å². The van der Waals surface area contributed by atoms with Crippen LogP contribution in [-0.2, 0) is 11.8 Å². The van der Waals surface area contributed by atoms with Crippen molar-refractivity contribution in [3.63, 3.8) is 0 Å². The summed E-state index contributed by atoms with van der Waals surface area (Å²) in [7, 11) is 1.76. The number of hydrogen-bond donors (Lipinski definition) is 1. The van der Waals surface area contributed by atoms with Crippen LogP contribution in [0.4, 0.5) is 0 Å². The Balaban J connectivity index is 2.33. The van der Waals surface area contributed by atoms with Gasteiger partial charge in [-0.2, -0.15) is 0 Å². The molecule has 1 aliphatic heterocycles. The van der Waals surface area contributed by atoms with E-state index >= 15 is 0 Å². The van der Waals surface area contributed by atoms with Crippen molar-refractivity contribution in [3.8, 4) is 5.75 Å². The first kappa shape index (κ1) is 15.7. The summed E-state index contributed by atoms with van der Waals surface area (Å²) in [6, 6.07) is 4.65. The van der Waals surface area contributed by atoms with Gasteiger partial charge in [-0.25, -0.2) is 0 Å². The predicted molar refractivity (Wildman–Crippen MR) is 86.0 cm³/mol. The van der Waals surface area contributed by atoms with Gasteiger partial charge in [0.05, 0.1) is 7.11 Å². The Bertz CT molecular complexity index is 459. The van der Waals surface area contributed by atoms with Gasteiger partial charge in [-0.15, -0.1) is 0 Å². The van der Waals surface area contributed by atoms with Crippen LogP contribution < -0.4 is 10.1 Å². The molecule has 1 aromatic rings. The largest absolute Gasteiger partial charge is 0.496 e. The minimum atomic E-state index is 0.0327. The molecule has 3 heteroatoms. The molecule has 2 rings (SSSR count). The second-order valence-electron chi connectivity index (χ2n) is 6.75. The van der Waals surface area contributed by atoms with Crippen LogP contribution in [0.2, 0.25) is 5.02 Å². The van der Waals surface area contributed by atoms with E-state index in [-0.39, 0.29) is 5.41 Å². The molecule has 2 nitrogen and oxygen atoms in total. The van der Waals surface area contributed by atoms with Crippen LogP contribution in [-0.4, -0.2) is 19.7 Å². The van der Waals surface area contributed by atoms with Crippen LogP contribution in [0.25, 0.3) is 0 Å². The lowest BCUT2D eigenvalue weighted by atomic mass is 9.84. The zero-order valence-electron chi connectivity index (χ0n) is 13.1. The van der Waals surface area contributed by atoms with Gasteiger partial charge >= 0.3 is 0 Å². The summed E-state index contributed by atoms with van der Waals surface area (Å²) >= 11 is 6.33. The summed E-state index contributed by atoms with van der Waals surface area (Å²) in [5.74, 6) is 1.01. The van der Waals surface area contributed by atoms with Crippen molar-refractivity contribution in [2.45, 2.75) is 57.9 Å². The Hall–Kier alpha value is -0.730. The molecule has 1 aliphatic rings. The Morgan fingerprint density at radius 3 is 2.60 bits per heavy atom. The monoisotopic (exact) mass is 295 g/mol. The molecule has 1 saturated heterocycles. The lowest BCUT2D eigenvalue weighted by molar-refractivity contribution is 0.373. The fourth-order valence-corrected chi connectivity index (χ4v) is 3.20. The lowest BCUT2D eigenvalue weighted by Crippen LogP contribution is -2.35. The number of piperidine rings is 1. The Kier molecular flexibility index (Phi) is 4.98. The van der Waals surface area contributed by atoms with Gasteiger partial charge in [0.1, 0.15) is 5.75 Å². The zero-order chi connectivity index (χ0) is 14.8. The number of nitrogens with one attached hydrogen (secondary N) is 1. The van der Waals surface area contributed by atoms with E-state index in [1.807, 2.05) is 6.07 Å². The van der Waals surface area contributed by atoms with Gasteiger partial charge < -0.3 is 10.1 Å². The summed E-state index contributed by atoms with van der Waals surface area (Å²) in [6.07, 6.45) is 4.83. The van der Waals surface area contributed by atoms with Crippen molar-refractivity contribution in [1.82, 2.24) is 5.32 Å². The van der Waals surface area contributed by atoms with Crippen molar-refractivity contribution in [2.24, 2.45) is 0 Å². The topological polar surface area (TPSA) is 21.3 Å². The number of rotatable bonds is 3. The molecular formula is C17H26ClNO. The fraction of sp³-hybridized carbons (Fsp3) is 0.647. The molecule has 0 aliphatic carbocycles. The van der Waals surface area contributed by atoms with Crippen molar-refractivity contribution in [3.05, 3.63) is 28.3 Å². The van der Waals surface area contributed by atoms with Gasteiger partial charge in [-0.1, -0.05) is 38.8 Å². The first-order valence-electron chi connectivity index (χ1n) is 7.52. The minimum absolute atomic E-state index is 0.0327. The molecule has 1 N–H and O–H groups in total. The highest BCUT2D eigenvalue weighted by Crippen LogP contribution is 2.37. The minimum Gasteiger partial charge on any atom is -0.496 e. The molecule has 0 aromatic heterocycles. The molecule has 0 saturated carbocycles. The molecular weight excluding hydrogens is 270 g/mol. The third kappa shape index (κ3) is 3.67. The van der Waals surface area contributed by atoms with E-state index in [1.54, 1.807) is 7.11 Å². The van der Waals surface area contributed by atoms with Gasteiger partial charge in [0.15, 0.2) is 0 Å². The average molecular weight is 296 g/mol. The molecule has 112 valence electrons. The van der Waals surface area contributed by atoms with Crippen LogP contribution in [0.5, 0.6) is 5.75 Å². The van der Waals surface area contributed by atoms with Crippen molar-refractivity contribution < 1.29 is 4.74 Å². The van der Waals surface area contributed by atoms with Crippen LogP contribution in [0.3, 0.4) is 0 Å². The molecule has 0 spiro atoms. The molecule has 1 aromatic carbocycles. The molecule has 1 fully saturated rings. The number of ether oxygens (including phenoxy) is 1. The second kappa shape index (κ2) is 6.36. The summed E-state index contributed by atoms with van der Waals surface area (Å²) in [6.45, 7) is 7.72.